The number of allylic oxidation sites excluding steroid dienone is 1. The molecule has 2 aliphatic rings. The Bertz CT molecular complexity index is 295. The molecule has 1 aliphatic carbocycles. The first-order chi connectivity index (χ1) is 7.66. The van der Waals surface area contributed by atoms with Gasteiger partial charge in [0.25, 0.3) is 0 Å². The summed E-state index contributed by atoms with van der Waals surface area (Å²) in [5.74, 6) is 0.943. The molecule has 2 rings (SSSR count). The van der Waals surface area contributed by atoms with Gasteiger partial charge in [0.15, 0.2) is 0 Å². The highest BCUT2D eigenvalue weighted by Gasteiger charge is 2.26. The smallest absolute Gasteiger partial charge is 0.119 e. The Balaban J connectivity index is 2.10. The molecular formula is C14H22FN. The molecule has 4 unspecified atom stereocenters. The fourth-order valence-corrected chi connectivity index (χ4v) is 2.93. The van der Waals surface area contributed by atoms with Crippen LogP contribution in [-0.2, 0) is 0 Å². The van der Waals surface area contributed by atoms with Crippen LogP contribution >= 0.6 is 0 Å². The van der Waals surface area contributed by atoms with Gasteiger partial charge < -0.3 is 5.32 Å². The van der Waals surface area contributed by atoms with Crippen molar-refractivity contribution in [2.24, 2.45) is 11.8 Å². The predicted octanol–water partition coefficient (Wildman–Crippen LogP) is 3.24. The number of halogens is 1. The second-order valence-electron chi connectivity index (χ2n) is 5.31. The van der Waals surface area contributed by atoms with E-state index >= 15 is 0 Å². The molecule has 0 amide bonds. The number of hydrogen-bond acceptors (Lipinski definition) is 1. The Hall–Kier alpha value is -0.630. The van der Waals surface area contributed by atoms with E-state index in [1.165, 1.54) is 5.57 Å². The van der Waals surface area contributed by atoms with Gasteiger partial charge in [0.05, 0.1) is 0 Å². The maximum atomic E-state index is 13.4. The maximum Gasteiger partial charge on any atom is 0.119 e. The van der Waals surface area contributed by atoms with Crippen LogP contribution in [0.4, 0.5) is 4.39 Å². The lowest BCUT2D eigenvalue weighted by atomic mass is 9.85. The molecule has 4 atom stereocenters. The molecule has 1 nitrogen and oxygen atoms in total. The second kappa shape index (κ2) is 5.13. The fourth-order valence-electron chi connectivity index (χ4n) is 2.93. The zero-order valence-corrected chi connectivity index (χ0v) is 10.2. The molecule has 0 saturated carbocycles. The minimum absolute atomic E-state index is 0.428. The SMILES string of the molecule is CC1=CCCNC1C1C=CC(F)CC(C)C1. The quantitative estimate of drug-likeness (QED) is 0.673. The Labute approximate surface area is 97.8 Å². The highest BCUT2D eigenvalue weighted by Crippen LogP contribution is 2.29. The summed E-state index contributed by atoms with van der Waals surface area (Å²) in [5.41, 5.74) is 1.42. The fraction of sp³-hybridized carbons (Fsp3) is 0.714. The van der Waals surface area contributed by atoms with Gasteiger partial charge in [-0.2, -0.15) is 0 Å². The monoisotopic (exact) mass is 223 g/mol. The van der Waals surface area contributed by atoms with Crippen LogP contribution in [-0.4, -0.2) is 18.8 Å². The summed E-state index contributed by atoms with van der Waals surface area (Å²) in [7, 11) is 0. The lowest BCUT2D eigenvalue weighted by Crippen LogP contribution is -2.39. The van der Waals surface area contributed by atoms with Gasteiger partial charge in [0.1, 0.15) is 6.17 Å². The van der Waals surface area contributed by atoms with Gasteiger partial charge in [-0.05, 0) is 44.6 Å². The van der Waals surface area contributed by atoms with Crippen molar-refractivity contribution in [1.82, 2.24) is 5.32 Å². The summed E-state index contributed by atoms with van der Waals surface area (Å²) in [4.78, 5) is 0. The molecule has 90 valence electrons. The van der Waals surface area contributed by atoms with E-state index < -0.39 is 6.17 Å². The van der Waals surface area contributed by atoms with E-state index in [9.17, 15) is 4.39 Å². The maximum absolute atomic E-state index is 13.4. The molecule has 0 spiro atoms. The molecular weight excluding hydrogens is 201 g/mol. The minimum Gasteiger partial charge on any atom is -0.309 e. The van der Waals surface area contributed by atoms with Crippen LogP contribution in [0.25, 0.3) is 0 Å². The van der Waals surface area contributed by atoms with Crippen LogP contribution in [0.3, 0.4) is 0 Å². The van der Waals surface area contributed by atoms with Crippen molar-refractivity contribution in [2.75, 3.05) is 6.54 Å². The van der Waals surface area contributed by atoms with Crippen LogP contribution in [0.1, 0.15) is 33.1 Å². The summed E-state index contributed by atoms with van der Waals surface area (Å²) in [6.45, 7) is 5.40. The lowest BCUT2D eigenvalue weighted by molar-refractivity contribution is 0.304. The summed E-state index contributed by atoms with van der Waals surface area (Å²) >= 11 is 0. The summed E-state index contributed by atoms with van der Waals surface area (Å²) < 4.78 is 13.4. The highest BCUT2D eigenvalue weighted by atomic mass is 19.1. The standard InChI is InChI=1S/C14H22FN/c1-10-8-12(5-6-13(15)9-10)14-11(2)4-3-7-16-14/h4-6,10,12-14,16H,3,7-9H2,1-2H3. The van der Waals surface area contributed by atoms with E-state index in [1.54, 1.807) is 6.08 Å². The van der Waals surface area contributed by atoms with E-state index in [0.29, 0.717) is 24.3 Å². The molecule has 0 radical (unpaired) electrons. The Kier molecular flexibility index (Phi) is 3.80. The van der Waals surface area contributed by atoms with E-state index in [2.05, 4.69) is 31.3 Å². The van der Waals surface area contributed by atoms with Gasteiger partial charge in [0, 0.05) is 6.04 Å². The van der Waals surface area contributed by atoms with Crippen LogP contribution in [0.5, 0.6) is 0 Å². The summed E-state index contributed by atoms with van der Waals surface area (Å²) in [5, 5.41) is 3.56. The largest absolute Gasteiger partial charge is 0.309 e. The lowest BCUT2D eigenvalue weighted by Gasteiger charge is -2.30. The predicted molar refractivity (Wildman–Crippen MR) is 66.1 cm³/mol. The first kappa shape index (κ1) is 11.8. The number of nitrogens with one attached hydrogen (secondary N) is 1. The molecule has 1 heterocycles. The van der Waals surface area contributed by atoms with Crippen LogP contribution in [0, 0.1) is 11.8 Å². The molecule has 0 aromatic rings. The minimum atomic E-state index is -0.743. The molecule has 1 N–H and O–H groups in total. The van der Waals surface area contributed by atoms with Crippen LogP contribution in [0.2, 0.25) is 0 Å². The Morgan fingerprint density at radius 1 is 1.31 bits per heavy atom. The van der Waals surface area contributed by atoms with Gasteiger partial charge in [-0.15, -0.1) is 0 Å². The van der Waals surface area contributed by atoms with Crippen molar-refractivity contribution in [3.63, 3.8) is 0 Å². The van der Waals surface area contributed by atoms with E-state index in [1.807, 2.05) is 0 Å². The molecule has 16 heavy (non-hydrogen) atoms. The molecule has 0 fully saturated rings. The first-order valence-electron chi connectivity index (χ1n) is 6.39. The topological polar surface area (TPSA) is 12.0 Å². The average Bonchev–Trinajstić information content (AvgIpc) is 2.40. The van der Waals surface area contributed by atoms with E-state index in [0.717, 1.165) is 19.4 Å². The van der Waals surface area contributed by atoms with Gasteiger partial charge in [-0.1, -0.05) is 30.7 Å². The van der Waals surface area contributed by atoms with Crippen molar-refractivity contribution in [3.8, 4) is 0 Å². The first-order valence-corrected chi connectivity index (χ1v) is 6.39. The average molecular weight is 223 g/mol. The van der Waals surface area contributed by atoms with Crippen molar-refractivity contribution in [2.45, 2.75) is 45.3 Å². The van der Waals surface area contributed by atoms with Gasteiger partial charge in [-0.3, -0.25) is 0 Å². The third-order valence-corrected chi connectivity index (χ3v) is 3.76. The highest BCUT2D eigenvalue weighted by molar-refractivity contribution is 5.17. The Morgan fingerprint density at radius 3 is 2.88 bits per heavy atom. The Morgan fingerprint density at radius 2 is 2.12 bits per heavy atom. The van der Waals surface area contributed by atoms with Crippen molar-refractivity contribution < 1.29 is 4.39 Å². The zero-order chi connectivity index (χ0) is 11.5. The normalized spacial score (nSPS) is 40.3. The number of rotatable bonds is 1. The molecule has 1 aliphatic heterocycles. The summed E-state index contributed by atoms with van der Waals surface area (Å²) in [6, 6.07) is 0.428. The second-order valence-corrected chi connectivity index (χ2v) is 5.31. The van der Waals surface area contributed by atoms with Crippen molar-refractivity contribution in [3.05, 3.63) is 23.8 Å². The van der Waals surface area contributed by atoms with Gasteiger partial charge in [0.2, 0.25) is 0 Å². The van der Waals surface area contributed by atoms with Gasteiger partial charge >= 0.3 is 0 Å². The summed E-state index contributed by atoms with van der Waals surface area (Å²) in [6.07, 6.45) is 8.33. The van der Waals surface area contributed by atoms with Crippen molar-refractivity contribution in [1.29, 1.82) is 0 Å². The number of alkyl halides is 1. The van der Waals surface area contributed by atoms with Crippen LogP contribution < -0.4 is 5.32 Å². The van der Waals surface area contributed by atoms with E-state index in [4.69, 9.17) is 0 Å². The van der Waals surface area contributed by atoms with E-state index in [-0.39, 0.29) is 0 Å². The van der Waals surface area contributed by atoms with Crippen LogP contribution in [0.15, 0.2) is 23.8 Å². The molecule has 0 saturated heterocycles. The molecule has 2 heteroatoms. The molecule has 0 aromatic carbocycles. The molecule has 0 aromatic heterocycles. The van der Waals surface area contributed by atoms with Gasteiger partial charge in [-0.25, -0.2) is 4.39 Å². The van der Waals surface area contributed by atoms with Crippen molar-refractivity contribution >= 4 is 0 Å². The number of hydrogen-bond donors (Lipinski definition) is 1. The zero-order valence-electron chi connectivity index (χ0n) is 10.2. The third-order valence-electron chi connectivity index (χ3n) is 3.76. The molecule has 0 bridgehead atoms. The third kappa shape index (κ3) is 2.73.